The van der Waals surface area contributed by atoms with Crippen LogP contribution in [0.3, 0.4) is 0 Å². The zero-order valence-electron chi connectivity index (χ0n) is 13.1. The van der Waals surface area contributed by atoms with Crippen LogP contribution in [0.4, 0.5) is 5.82 Å². The maximum absolute atomic E-state index is 5.79. The SMILES string of the molecule is CCN(CC)CCCCCCn1cnc2c(N)ncnc21. The van der Waals surface area contributed by atoms with Gasteiger partial charge in [0, 0.05) is 6.54 Å². The van der Waals surface area contributed by atoms with E-state index in [4.69, 9.17) is 5.73 Å². The van der Waals surface area contributed by atoms with Gasteiger partial charge in [0.05, 0.1) is 6.33 Å². The van der Waals surface area contributed by atoms with Gasteiger partial charge < -0.3 is 15.2 Å². The predicted octanol–water partition coefficient (Wildman–Crippen LogP) is 2.31. The Morgan fingerprint density at radius 2 is 1.81 bits per heavy atom. The first-order valence-corrected chi connectivity index (χ1v) is 7.90. The third kappa shape index (κ3) is 4.14. The van der Waals surface area contributed by atoms with Gasteiger partial charge in [-0.1, -0.05) is 26.7 Å². The molecule has 2 heterocycles. The smallest absolute Gasteiger partial charge is 0.165 e. The molecule has 0 aliphatic heterocycles. The molecular formula is C15H26N6. The highest BCUT2D eigenvalue weighted by molar-refractivity contribution is 5.80. The first-order chi connectivity index (χ1) is 10.3. The number of fused-ring (bicyclic) bond motifs is 1. The lowest BCUT2D eigenvalue weighted by Gasteiger charge is -2.17. The summed E-state index contributed by atoms with van der Waals surface area (Å²) in [5, 5.41) is 0. The molecule has 0 unspecified atom stereocenters. The Kier molecular flexibility index (Phi) is 5.92. The van der Waals surface area contributed by atoms with Crippen LogP contribution in [0.1, 0.15) is 39.5 Å². The third-order valence-corrected chi connectivity index (χ3v) is 3.95. The molecule has 2 rings (SSSR count). The average molecular weight is 290 g/mol. The van der Waals surface area contributed by atoms with Crippen molar-refractivity contribution >= 4 is 17.0 Å². The summed E-state index contributed by atoms with van der Waals surface area (Å²) in [6.45, 7) is 8.91. The van der Waals surface area contributed by atoms with E-state index in [0.717, 1.165) is 31.7 Å². The highest BCUT2D eigenvalue weighted by Crippen LogP contribution is 2.15. The summed E-state index contributed by atoms with van der Waals surface area (Å²) < 4.78 is 2.07. The fourth-order valence-corrected chi connectivity index (χ4v) is 2.57. The minimum Gasteiger partial charge on any atom is -0.382 e. The van der Waals surface area contributed by atoms with Crippen LogP contribution >= 0.6 is 0 Å². The molecule has 0 fully saturated rings. The van der Waals surface area contributed by atoms with E-state index in [0.29, 0.717) is 11.3 Å². The molecule has 116 valence electrons. The lowest BCUT2D eigenvalue weighted by molar-refractivity contribution is 0.295. The second kappa shape index (κ2) is 7.93. The molecule has 0 radical (unpaired) electrons. The molecule has 0 amide bonds. The van der Waals surface area contributed by atoms with E-state index in [1.54, 1.807) is 0 Å². The number of nitrogens with two attached hydrogens (primary N) is 1. The molecule has 0 bridgehead atoms. The lowest BCUT2D eigenvalue weighted by Crippen LogP contribution is -2.23. The van der Waals surface area contributed by atoms with Gasteiger partial charge in [0.15, 0.2) is 11.5 Å². The van der Waals surface area contributed by atoms with Crippen LogP contribution in [0.5, 0.6) is 0 Å². The zero-order chi connectivity index (χ0) is 15.1. The van der Waals surface area contributed by atoms with Crippen molar-refractivity contribution in [3.63, 3.8) is 0 Å². The standard InChI is InChI=1S/C15H26N6/c1-3-20(4-2)9-7-5-6-8-10-21-12-19-13-14(16)17-11-18-15(13)21/h11-12H,3-10H2,1-2H3,(H2,16,17,18). The predicted molar refractivity (Wildman–Crippen MR) is 86.0 cm³/mol. The van der Waals surface area contributed by atoms with Gasteiger partial charge in [-0.25, -0.2) is 15.0 Å². The van der Waals surface area contributed by atoms with Gasteiger partial charge in [-0.2, -0.15) is 0 Å². The number of rotatable bonds is 9. The van der Waals surface area contributed by atoms with Gasteiger partial charge in [-0.15, -0.1) is 0 Å². The van der Waals surface area contributed by atoms with Crippen molar-refractivity contribution in [2.24, 2.45) is 0 Å². The number of imidazole rings is 1. The Hall–Kier alpha value is -1.69. The lowest BCUT2D eigenvalue weighted by atomic mass is 10.2. The van der Waals surface area contributed by atoms with Crippen LogP contribution in [0.15, 0.2) is 12.7 Å². The topological polar surface area (TPSA) is 72.9 Å². The quantitative estimate of drug-likeness (QED) is 0.717. The van der Waals surface area contributed by atoms with Gasteiger partial charge in [-0.3, -0.25) is 0 Å². The summed E-state index contributed by atoms with van der Waals surface area (Å²) in [4.78, 5) is 15.0. The summed E-state index contributed by atoms with van der Waals surface area (Å²) in [6.07, 6.45) is 8.25. The zero-order valence-corrected chi connectivity index (χ0v) is 13.1. The molecule has 6 heteroatoms. The fourth-order valence-electron chi connectivity index (χ4n) is 2.57. The van der Waals surface area contributed by atoms with E-state index in [-0.39, 0.29) is 0 Å². The van der Waals surface area contributed by atoms with Crippen molar-refractivity contribution < 1.29 is 0 Å². The van der Waals surface area contributed by atoms with Crippen LogP contribution in [-0.4, -0.2) is 44.1 Å². The first-order valence-electron chi connectivity index (χ1n) is 7.90. The number of nitrogen functional groups attached to an aromatic ring is 1. The molecular weight excluding hydrogens is 264 g/mol. The Morgan fingerprint density at radius 1 is 1.05 bits per heavy atom. The summed E-state index contributed by atoms with van der Waals surface area (Å²) in [5.74, 6) is 0.456. The third-order valence-electron chi connectivity index (χ3n) is 3.95. The molecule has 2 N–H and O–H groups in total. The maximum Gasteiger partial charge on any atom is 0.165 e. The Bertz CT molecular complexity index is 546. The summed E-state index contributed by atoms with van der Waals surface area (Å²) in [7, 11) is 0. The highest BCUT2D eigenvalue weighted by Gasteiger charge is 2.07. The van der Waals surface area contributed by atoms with Crippen molar-refractivity contribution in [3.8, 4) is 0 Å². The van der Waals surface area contributed by atoms with E-state index in [1.807, 2.05) is 6.33 Å². The number of anilines is 1. The Morgan fingerprint density at radius 3 is 2.57 bits per heavy atom. The molecule has 0 saturated carbocycles. The monoisotopic (exact) mass is 290 g/mol. The minimum absolute atomic E-state index is 0.456. The highest BCUT2D eigenvalue weighted by atomic mass is 15.1. The van der Waals surface area contributed by atoms with Crippen LogP contribution in [-0.2, 0) is 6.54 Å². The minimum atomic E-state index is 0.456. The number of nitrogens with zero attached hydrogens (tertiary/aromatic N) is 5. The molecule has 21 heavy (non-hydrogen) atoms. The van der Waals surface area contributed by atoms with Crippen LogP contribution in [0.25, 0.3) is 11.2 Å². The van der Waals surface area contributed by atoms with E-state index >= 15 is 0 Å². The fraction of sp³-hybridized carbons (Fsp3) is 0.667. The average Bonchev–Trinajstić information content (AvgIpc) is 2.91. The van der Waals surface area contributed by atoms with E-state index < -0.39 is 0 Å². The molecule has 2 aromatic heterocycles. The molecule has 0 saturated heterocycles. The summed E-state index contributed by atoms with van der Waals surface area (Å²) in [5.41, 5.74) is 7.33. The largest absolute Gasteiger partial charge is 0.382 e. The summed E-state index contributed by atoms with van der Waals surface area (Å²) >= 11 is 0. The second-order valence-corrected chi connectivity index (χ2v) is 5.31. The number of hydrogen-bond donors (Lipinski definition) is 1. The molecule has 0 aromatic carbocycles. The maximum atomic E-state index is 5.79. The summed E-state index contributed by atoms with van der Waals surface area (Å²) in [6, 6.07) is 0. The second-order valence-electron chi connectivity index (χ2n) is 5.31. The molecule has 0 atom stereocenters. The van der Waals surface area contributed by atoms with E-state index in [1.165, 1.54) is 32.1 Å². The number of hydrogen-bond acceptors (Lipinski definition) is 5. The molecule has 2 aromatic rings. The molecule has 6 nitrogen and oxygen atoms in total. The Balaban J connectivity index is 1.72. The number of aryl methyl sites for hydroxylation is 1. The van der Waals surface area contributed by atoms with Crippen molar-refractivity contribution in [1.29, 1.82) is 0 Å². The van der Waals surface area contributed by atoms with E-state index in [9.17, 15) is 0 Å². The van der Waals surface area contributed by atoms with Gasteiger partial charge >= 0.3 is 0 Å². The van der Waals surface area contributed by atoms with Crippen LogP contribution in [0.2, 0.25) is 0 Å². The molecule has 0 aliphatic rings. The van der Waals surface area contributed by atoms with Crippen molar-refractivity contribution in [2.45, 2.75) is 46.1 Å². The van der Waals surface area contributed by atoms with Gasteiger partial charge in [0.25, 0.3) is 0 Å². The van der Waals surface area contributed by atoms with Gasteiger partial charge in [0.1, 0.15) is 11.8 Å². The van der Waals surface area contributed by atoms with Crippen molar-refractivity contribution in [2.75, 3.05) is 25.4 Å². The molecule has 0 spiro atoms. The number of aromatic nitrogens is 4. The molecule has 0 aliphatic carbocycles. The first kappa shape index (κ1) is 15.7. The van der Waals surface area contributed by atoms with Crippen molar-refractivity contribution in [1.82, 2.24) is 24.4 Å². The van der Waals surface area contributed by atoms with Crippen LogP contribution < -0.4 is 5.73 Å². The van der Waals surface area contributed by atoms with E-state index in [2.05, 4.69) is 38.3 Å². The Labute approximate surface area is 126 Å². The normalized spacial score (nSPS) is 11.6. The number of unbranched alkanes of at least 4 members (excludes halogenated alkanes) is 3. The van der Waals surface area contributed by atoms with Crippen molar-refractivity contribution in [3.05, 3.63) is 12.7 Å². The van der Waals surface area contributed by atoms with Gasteiger partial charge in [-0.05, 0) is 32.5 Å². The van der Waals surface area contributed by atoms with Gasteiger partial charge in [0.2, 0.25) is 0 Å². The van der Waals surface area contributed by atoms with Crippen LogP contribution in [0, 0.1) is 0 Å².